The summed E-state index contributed by atoms with van der Waals surface area (Å²) in [7, 11) is -4.77. The molecule has 2 aromatic carbocycles. The number of hydrogen-bond donors (Lipinski definition) is 4. The highest BCUT2D eigenvalue weighted by atomic mass is 35.5. The van der Waals surface area contributed by atoms with Crippen molar-refractivity contribution in [3.05, 3.63) is 70.2 Å². The summed E-state index contributed by atoms with van der Waals surface area (Å²) < 4.78 is 12.8. The fourth-order valence-electron chi connectivity index (χ4n) is 2.59. The second kappa shape index (κ2) is 7.84. The Kier molecular flexibility index (Phi) is 5.69. The molecule has 1 heterocycles. The predicted molar refractivity (Wildman–Crippen MR) is 107 cm³/mol. The highest BCUT2D eigenvalue weighted by Gasteiger charge is 2.38. The van der Waals surface area contributed by atoms with Crippen LogP contribution in [-0.4, -0.2) is 20.8 Å². The number of phenols is 1. The van der Waals surface area contributed by atoms with E-state index in [2.05, 4.69) is 5.32 Å². The van der Waals surface area contributed by atoms with Crippen LogP contribution in [0.2, 0.25) is 5.02 Å². The van der Waals surface area contributed by atoms with Gasteiger partial charge in [0, 0.05) is 15.9 Å². The van der Waals surface area contributed by atoms with Crippen LogP contribution in [0.4, 0.5) is 0 Å². The Morgan fingerprint density at radius 1 is 1.19 bits per heavy atom. The summed E-state index contributed by atoms with van der Waals surface area (Å²) >= 11 is 7.27. The Hall–Kier alpha value is -2.15. The third-order valence-electron chi connectivity index (χ3n) is 3.84. The lowest BCUT2D eigenvalue weighted by molar-refractivity contribution is -0.120. The number of benzene rings is 2. The van der Waals surface area contributed by atoms with Gasteiger partial charge in [0.1, 0.15) is 5.75 Å². The molecule has 0 aliphatic heterocycles. The summed E-state index contributed by atoms with van der Waals surface area (Å²) in [5.74, 6) is -0.709. The van der Waals surface area contributed by atoms with Crippen molar-refractivity contribution in [1.29, 1.82) is 0 Å². The molecule has 6 nitrogen and oxygen atoms in total. The van der Waals surface area contributed by atoms with Crippen LogP contribution in [0.3, 0.4) is 0 Å². The Balaban J connectivity index is 1.88. The van der Waals surface area contributed by atoms with Gasteiger partial charge in [-0.25, -0.2) is 0 Å². The molecule has 140 valence electrons. The van der Waals surface area contributed by atoms with Crippen molar-refractivity contribution in [1.82, 2.24) is 5.32 Å². The van der Waals surface area contributed by atoms with Gasteiger partial charge in [-0.05, 0) is 58.3 Å². The molecular formula is C18H15ClNO5PS. The first-order valence-electron chi connectivity index (χ1n) is 7.73. The molecule has 1 atom stereocenters. The molecule has 1 aromatic heterocycles. The van der Waals surface area contributed by atoms with E-state index in [1.165, 1.54) is 29.7 Å². The van der Waals surface area contributed by atoms with Gasteiger partial charge in [0.15, 0.2) is 5.66 Å². The van der Waals surface area contributed by atoms with E-state index in [9.17, 15) is 24.3 Å². The predicted octanol–water partition coefficient (Wildman–Crippen LogP) is 4.27. The molecule has 0 bridgehead atoms. The first-order valence-corrected chi connectivity index (χ1v) is 10.7. The molecule has 0 saturated carbocycles. The highest BCUT2D eigenvalue weighted by Crippen LogP contribution is 2.54. The minimum Gasteiger partial charge on any atom is -0.508 e. The second-order valence-electron chi connectivity index (χ2n) is 5.76. The Labute approximate surface area is 163 Å². The third-order valence-corrected chi connectivity index (χ3v) is 6.24. The summed E-state index contributed by atoms with van der Waals surface area (Å²) in [5, 5.41) is 14.2. The zero-order chi connectivity index (χ0) is 19.6. The van der Waals surface area contributed by atoms with Crippen molar-refractivity contribution in [2.75, 3.05) is 0 Å². The maximum Gasteiger partial charge on any atom is 0.342 e. The average Bonchev–Trinajstić information content (AvgIpc) is 2.98. The number of thiophene rings is 1. The molecule has 0 spiro atoms. The van der Waals surface area contributed by atoms with Crippen LogP contribution in [-0.2, 0) is 9.36 Å². The maximum absolute atomic E-state index is 12.5. The van der Waals surface area contributed by atoms with Gasteiger partial charge in [-0.3, -0.25) is 9.36 Å². The van der Waals surface area contributed by atoms with Gasteiger partial charge in [0.2, 0.25) is 5.91 Å². The standard InChI is InChI=1S/C18H15ClNO5PS/c19-12-3-6-16-14(9-12)15(10-27-16)17(26(23,24)25)18(22)20-8-7-11-1-4-13(21)5-2-11/h1-10,17,21H,(H,20,22)(H2,23,24,25)/b8-7+. The zero-order valence-corrected chi connectivity index (χ0v) is 16.2. The van der Waals surface area contributed by atoms with E-state index >= 15 is 0 Å². The number of rotatable bonds is 5. The first kappa shape index (κ1) is 19.6. The van der Waals surface area contributed by atoms with Crippen molar-refractivity contribution in [2.24, 2.45) is 0 Å². The largest absolute Gasteiger partial charge is 0.508 e. The lowest BCUT2D eigenvalue weighted by atomic mass is 10.1. The minimum absolute atomic E-state index is 0.112. The van der Waals surface area contributed by atoms with Crippen LogP contribution in [0, 0.1) is 0 Å². The van der Waals surface area contributed by atoms with E-state index in [0.29, 0.717) is 16.0 Å². The molecule has 9 heteroatoms. The van der Waals surface area contributed by atoms with Gasteiger partial charge in [-0.2, -0.15) is 0 Å². The van der Waals surface area contributed by atoms with E-state index in [1.807, 2.05) is 0 Å². The number of nitrogens with one attached hydrogen (secondary N) is 1. The lowest BCUT2D eigenvalue weighted by Gasteiger charge is -2.16. The van der Waals surface area contributed by atoms with Crippen LogP contribution >= 0.6 is 30.5 Å². The third kappa shape index (κ3) is 4.58. The quantitative estimate of drug-likeness (QED) is 0.458. The maximum atomic E-state index is 12.5. The van der Waals surface area contributed by atoms with Gasteiger partial charge in [0.25, 0.3) is 0 Å². The van der Waals surface area contributed by atoms with Crippen molar-refractivity contribution in [3.63, 3.8) is 0 Å². The SMILES string of the molecule is O=C(N/C=C/c1ccc(O)cc1)C(c1csc2ccc(Cl)cc12)P(=O)(O)O. The summed E-state index contributed by atoms with van der Waals surface area (Å²) in [6.07, 6.45) is 2.86. The fourth-order valence-corrected chi connectivity index (χ4v) is 4.79. The molecule has 0 aliphatic carbocycles. The molecule has 0 radical (unpaired) electrons. The first-order chi connectivity index (χ1) is 12.8. The second-order valence-corrected chi connectivity index (χ2v) is 8.80. The summed E-state index contributed by atoms with van der Waals surface area (Å²) in [4.78, 5) is 32.1. The molecule has 0 saturated heterocycles. The van der Waals surface area contributed by atoms with Crippen molar-refractivity contribution in [3.8, 4) is 5.75 Å². The van der Waals surface area contributed by atoms with Crippen molar-refractivity contribution in [2.45, 2.75) is 5.66 Å². The van der Waals surface area contributed by atoms with Gasteiger partial charge >= 0.3 is 7.60 Å². The van der Waals surface area contributed by atoms with E-state index in [1.54, 1.807) is 41.8 Å². The number of carbonyl (C=O) groups excluding carboxylic acids is 1. The number of hydrogen-bond acceptors (Lipinski definition) is 4. The highest BCUT2D eigenvalue weighted by molar-refractivity contribution is 7.53. The molecule has 0 aliphatic rings. The van der Waals surface area contributed by atoms with Gasteiger partial charge in [-0.1, -0.05) is 23.7 Å². The molecule has 4 N–H and O–H groups in total. The average molecular weight is 424 g/mol. The Morgan fingerprint density at radius 2 is 1.89 bits per heavy atom. The van der Waals surface area contributed by atoms with Gasteiger partial charge < -0.3 is 20.2 Å². The Bertz CT molecular complexity index is 1060. The summed E-state index contributed by atoms with van der Waals surface area (Å²) in [6.45, 7) is 0. The van der Waals surface area contributed by atoms with Crippen LogP contribution in [0.1, 0.15) is 16.8 Å². The number of halogens is 1. The molecule has 3 aromatic rings. The van der Waals surface area contributed by atoms with E-state index < -0.39 is 19.2 Å². The van der Waals surface area contributed by atoms with E-state index in [-0.39, 0.29) is 11.3 Å². The smallest absolute Gasteiger partial charge is 0.342 e. The molecule has 0 fully saturated rings. The van der Waals surface area contributed by atoms with E-state index in [4.69, 9.17) is 11.6 Å². The van der Waals surface area contributed by atoms with Gasteiger partial charge in [-0.15, -0.1) is 11.3 Å². The lowest BCUT2D eigenvalue weighted by Crippen LogP contribution is -2.25. The topological polar surface area (TPSA) is 107 Å². The molecule has 1 unspecified atom stereocenters. The van der Waals surface area contributed by atoms with Crippen molar-refractivity contribution >= 4 is 52.6 Å². The zero-order valence-electron chi connectivity index (χ0n) is 13.7. The summed E-state index contributed by atoms with van der Waals surface area (Å²) in [5.41, 5.74) is -0.704. The van der Waals surface area contributed by atoms with Gasteiger partial charge in [0.05, 0.1) is 0 Å². The van der Waals surface area contributed by atoms with Crippen LogP contribution < -0.4 is 5.32 Å². The summed E-state index contributed by atoms with van der Waals surface area (Å²) in [6, 6.07) is 11.2. The van der Waals surface area contributed by atoms with Crippen molar-refractivity contribution < 1.29 is 24.3 Å². The molecular weight excluding hydrogens is 409 g/mol. The monoisotopic (exact) mass is 423 g/mol. The molecule has 1 amide bonds. The normalized spacial score (nSPS) is 13.1. The Morgan fingerprint density at radius 3 is 2.56 bits per heavy atom. The number of carbonyl (C=O) groups is 1. The fraction of sp³-hybridized carbons (Fsp3) is 0.0556. The number of aromatic hydroxyl groups is 1. The molecule has 27 heavy (non-hydrogen) atoms. The molecule has 3 rings (SSSR count). The van der Waals surface area contributed by atoms with Crippen LogP contribution in [0.25, 0.3) is 16.2 Å². The van der Waals surface area contributed by atoms with Crippen LogP contribution in [0.5, 0.6) is 5.75 Å². The van der Waals surface area contributed by atoms with E-state index in [0.717, 1.165) is 4.70 Å². The number of amides is 1. The number of phenolic OH excluding ortho intramolecular Hbond substituents is 1. The van der Waals surface area contributed by atoms with Crippen LogP contribution in [0.15, 0.2) is 54.0 Å². The minimum atomic E-state index is -4.77. The number of fused-ring (bicyclic) bond motifs is 1.